The van der Waals surface area contributed by atoms with Crippen molar-refractivity contribution >= 4 is 5.78 Å². The lowest BCUT2D eigenvalue weighted by molar-refractivity contribution is 0.0924. The smallest absolute Gasteiger partial charge is 0.178 e. The number of aryl methyl sites for hydroxylation is 1. The first-order valence-corrected chi connectivity index (χ1v) is 10.8. The maximum Gasteiger partial charge on any atom is 0.178 e. The van der Waals surface area contributed by atoms with Crippen molar-refractivity contribution < 1.29 is 4.79 Å². The van der Waals surface area contributed by atoms with Gasteiger partial charge in [-0.15, -0.1) is 0 Å². The third-order valence-corrected chi connectivity index (χ3v) is 6.17. The first-order chi connectivity index (χ1) is 15.4. The normalized spacial score (nSPS) is 12.3. The fraction of sp³-hybridized carbons (Fsp3) is 0.269. The van der Waals surface area contributed by atoms with Crippen LogP contribution in [0.5, 0.6) is 0 Å². The quantitative estimate of drug-likeness (QED) is 0.385. The molecular weight excluding hydrogens is 398 g/mol. The summed E-state index contributed by atoms with van der Waals surface area (Å²) < 4.78 is 3.95. The van der Waals surface area contributed by atoms with Crippen LogP contribution < -0.4 is 0 Å². The maximum atomic E-state index is 13.2. The van der Waals surface area contributed by atoms with Crippen LogP contribution in [0, 0.1) is 13.8 Å². The Morgan fingerprint density at radius 1 is 1.06 bits per heavy atom. The monoisotopic (exact) mass is 427 g/mol. The largest absolute Gasteiger partial charge is 0.344 e. The van der Waals surface area contributed by atoms with Gasteiger partial charge in [0.05, 0.1) is 12.2 Å². The zero-order chi connectivity index (χ0) is 22.7. The zero-order valence-electron chi connectivity index (χ0n) is 19.1. The van der Waals surface area contributed by atoms with Crippen molar-refractivity contribution in [1.82, 2.24) is 24.2 Å². The number of rotatable bonds is 8. The molecule has 0 aliphatic carbocycles. The second kappa shape index (κ2) is 9.32. The average molecular weight is 428 g/mol. The second-order valence-corrected chi connectivity index (χ2v) is 8.30. The molecule has 2 heterocycles. The van der Waals surface area contributed by atoms with Gasteiger partial charge in [-0.2, -0.15) is 5.10 Å². The number of Topliss-reactive ketones (excluding diaryl/α,β-unsaturated/α-hetero) is 1. The molecule has 0 fully saturated rings. The van der Waals surface area contributed by atoms with Crippen molar-refractivity contribution in [3.8, 4) is 5.69 Å². The second-order valence-electron chi connectivity index (χ2n) is 8.30. The zero-order valence-corrected chi connectivity index (χ0v) is 19.1. The van der Waals surface area contributed by atoms with Gasteiger partial charge in [-0.1, -0.05) is 42.5 Å². The molecule has 0 aliphatic rings. The summed E-state index contributed by atoms with van der Waals surface area (Å²) in [5.74, 6) is 0.144. The Morgan fingerprint density at radius 2 is 1.78 bits per heavy atom. The summed E-state index contributed by atoms with van der Waals surface area (Å²) in [6.07, 6.45) is 3.20. The molecule has 6 nitrogen and oxygen atoms in total. The summed E-state index contributed by atoms with van der Waals surface area (Å²) in [6.45, 7) is 7.36. The summed E-state index contributed by atoms with van der Waals surface area (Å²) >= 11 is 0. The van der Waals surface area contributed by atoms with Gasteiger partial charge in [0.25, 0.3) is 0 Å². The van der Waals surface area contributed by atoms with Gasteiger partial charge in [0.2, 0.25) is 0 Å². The van der Waals surface area contributed by atoms with E-state index in [2.05, 4.69) is 57.7 Å². The van der Waals surface area contributed by atoms with Gasteiger partial charge in [0, 0.05) is 29.5 Å². The van der Waals surface area contributed by atoms with Gasteiger partial charge < -0.3 is 4.57 Å². The first kappa shape index (κ1) is 21.7. The minimum absolute atomic E-state index is 0.108. The number of ketones is 1. The lowest BCUT2D eigenvalue weighted by Gasteiger charge is -2.24. The van der Waals surface area contributed by atoms with Crippen LogP contribution in [0.25, 0.3) is 5.69 Å². The Morgan fingerprint density at radius 3 is 2.44 bits per heavy atom. The standard InChI is InChI=1S/C26H29N5O/c1-19-14-25(21(3)30(19)15-22-8-6-5-7-9-22)26(32)16-29(4)20(2)23-10-12-24(13-11-23)31-18-27-17-28-31/h5-14,17-18,20H,15-16H2,1-4H3. The molecule has 0 saturated carbocycles. The van der Waals surface area contributed by atoms with E-state index in [0.717, 1.165) is 34.7 Å². The Bertz CT molecular complexity index is 1180. The molecule has 2 aromatic carbocycles. The highest BCUT2D eigenvalue weighted by Gasteiger charge is 2.20. The molecule has 2 aromatic heterocycles. The number of carbonyl (C=O) groups excluding carboxylic acids is 1. The third kappa shape index (κ3) is 4.55. The Hall–Kier alpha value is -3.51. The molecule has 0 N–H and O–H groups in total. The fourth-order valence-corrected chi connectivity index (χ4v) is 4.04. The van der Waals surface area contributed by atoms with E-state index in [-0.39, 0.29) is 11.8 Å². The molecule has 0 amide bonds. The number of hydrogen-bond donors (Lipinski definition) is 0. The van der Waals surface area contributed by atoms with Crippen LogP contribution in [0.1, 0.15) is 45.8 Å². The lowest BCUT2D eigenvalue weighted by Crippen LogP contribution is -2.29. The van der Waals surface area contributed by atoms with Gasteiger partial charge >= 0.3 is 0 Å². The van der Waals surface area contributed by atoms with Crippen LogP contribution in [-0.2, 0) is 6.54 Å². The number of nitrogens with zero attached hydrogens (tertiary/aromatic N) is 5. The first-order valence-electron chi connectivity index (χ1n) is 10.8. The number of hydrogen-bond acceptors (Lipinski definition) is 4. The van der Waals surface area contributed by atoms with Crippen molar-refractivity contribution in [2.45, 2.75) is 33.4 Å². The topological polar surface area (TPSA) is 56.0 Å². The molecule has 0 radical (unpaired) electrons. The summed E-state index contributed by atoms with van der Waals surface area (Å²) in [7, 11) is 2.00. The lowest BCUT2D eigenvalue weighted by atomic mass is 10.1. The average Bonchev–Trinajstić information content (AvgIpc) is 3.44. The van der Waals surface area contributed by atoms with Crippen LogP contribution in [-0.4, -0.2) is 43.6 Å². The predicted octanol–water partition coefficient (Wildman–Crippen LogP) is 4.61. The minimum Gasteiger partial charge on any atom is -0.344 e. The summed E-state index contributed by atoms with van der Waals surface area (Å²) in [5, 5.41) is 4.16. The number of aromatic nitrogens is 4. The molecule has 0 aliphatic heterocycles. The summed E-state index contributed by atoms with van der Waals surface area (Å²) in [6, 6.07) is 20.7. The summed E-state index contributed by atoms with van der Waals surface area (Å²) in [4.78, 5) is 19.2. The van der Waals surface area contributed by atoms with Gasteiger partial charge in [0.15, 0.2) is 5.78 Å². The van der Waals surface area contributed by atoms with E-state index < -0.39 is 0 Å². The molecule has 4 rings (SSSR count). The van der Waals surface area contributed by atoms with Gasteiger partial charge in [-0.3, -0.25) is 9.69 Å². The molecule has 0 bridgehead atoms. The number of likely N-dealkylation sites (N-methyl/N-ethyl adjacent to an activating group) is 1. The molecule has 164 valence electrons. The van der Waals surface area contributed by atoms with Crippen molar-refractivity contribution in [3.63, 3.8) is 0 Å². The predicted molar refractivity (Wildman–Crippen MR) is 126 cm³/mol. The van der Waals surface area contributed by atoms with Crippen molar-refractivity contribution in [2.24, 2.45) is 0 Å². The van der Waals surface area contributed by atoms with Gasteiger partial charge in [-0.25, -0.2) is 9.67 Å². The van der Waals surface area contributed by atoms with Crippen LogP contribution in [0.2, 0.25) is 0 Å². The summed E-state index contributed by atoms with van der Waals surface area (Å²) in [5.41, 5.74) is 6.28. The van der Waals surface area contributed by atoms with Gasteiger partial charge in [-0.05, 0) is 57.1 Å². The number of benzene rings is 2. The van der Waals surface area contributed by atoms with Crippen molar-refractivity contribution in [2.75, 3.05) is 13.6 Å². The fourth-order valence-electron chi connectivity index (χ4n) is 4.04. The molecular formula is C26H29N5O. The Labute approximate surface area is 189 Å². The molecule has 0 saturated heterocycles. The van der Waals surface area contributed by atoms with E-state index in [1.807, 2.05) is 50.4 Å². The minimum atomic E-state index is 0.108. The Kier molecular flexibility index (Phi) is 6.32. The van der Waals surface area contributed by atoms with E-state index >= 15 is 0 Å². The van der Waals surface area contributed by atoms with Crippen LogP contribution in [0.4, 0.5) is 0 Å². The molecule has 1 unspecified atom stereocenters. The Balaban J connectivity index is 1.45. The van der Waals surface area contributed by atoms with E-state index in [4.69, 9.17) is 0 Å². The maximum absolute atomic E-state index is 13.2. The number of carbonyl (C=O) groups is 1. The van der Waals surface area contributed by atoms with Crippen LogP contribution in [0.15, 0.2) is 73.3 Å². The van der Waals surface area contributed by atoms with Crippen LogP contribution in [0.3, 0.4) is 0 Å². The van der Waals surface area contributed by atoms with E-state index in [1.54, 1.807) is 11.0 Å². The van der Waals surface area contributed by atoms with E-state index in [9.17, 15) is 4.79 Å². The molecule has 0 spiro atoms. The highest BCUT2D eigenvalue weighted by Crippen LogP contribution is 2.22. The SMILES string of the molecule is Cc1cc(C(=O)CN(C)C(C)c2ccc(-n3cncn3)cc2)c(C)n1Cc1ccccc1. The molecule has 1 atom stereocenters. The highest BCUT2D eigenvalue weighted by molar-refractivity contribution is 5.99. The van der Waals surface area contributed by atoms with Crippen molar-refractivity contribution in [3.05, 3.63) is 101 Å². The molecule has 32 heavy (non-hydrogen) atoms. The third-order valence-electron chi connectivity index (χ3n) is 6.17. The van der Waals surface area contributed by atoms with Crippen molar-refractivity contribution in [1.29, 1.82) is 0 Å². The highest BCUT2D eigenvalue weighted by atomic mass is 16.1. The van der Waals surface area contributed by atoms with E-state index in [0.29, 0.717) is 6.54 Å². The molecule has 6 heteroatoms. The van der Waals surface area contributed by atoms with E-state index in [1.165, 1.54) is 11.9 Å². The van der Waals surface area contributed by atoms with Crippen LogP contribution >= 0.6 is 0 Å². The molecule has 4 aromatic rings. The van der Waals surface area contributed by atoms with Gasteiger partial charge in [0.1, 0.15) is 12.7 Å².